The predicted molar refractivity (Wildman–Crippen MR) is 81.5 cm³/mol. The number of rotatable bonds is 2. The molecule has 0 radical (unpaired) electrons. The molecule has 0 spiro atoms. The van der Waals surface area contributed by atoms with Crippen molar-refractivity contribution in [3.05, 3.63) is 35.7 Å². The molecule has 0 saturated heterocycles. The molecule has 116 valence electrons. The summed E-state index contributed by atoms with van der Waals surface area (Å²) >= 11 is 0. The monoisotopic (exact) mass is 317 g/mol. The summed E-state index contributed by atoms with van der Waals surface area (Å²) in [6.45, 7) is 4.09. The molecule has 2 unspecified atom stereocenters. The van der Waals surface area contributed by atoms with Crippen LogP contribution in [0, 0.1) is 5.41 Å². The van der Waals surface area contributed by atoms with Crippen molar-refractivity contribution >= 4 is 21.2 Å². The summed E-state index contributed by atoms with van der Waals surface area (Å²) in [6.07, 6.45) is 1.55. The Kier molecular flexibility index (Phi) is 2.60. The molecule has 2 bridgehead atoms. The molecule has 5 nitrogen and oxygen atoms in total. The van der Waals surface area contributed by atoms with Gasteiger partial charge in [0.25, 0.3) is 0 Å². The largest absolute Gasteiger partial charge is 0.748 e. The number of hydrogen-bond donors (Lipinski definition) is 0. The van der Waals surface area contributed by atoms with Crippen LogP contribution in [0.25, 0.3) is 11.0 Å². The van der Waals surface area contributed by atoms with Crippen molar-refractivity contribution in [2.45, 2.75) is 38.0 Å². The van der Waals surface area contributed by atoms with Crippen molar-refractivity contribution in [2.75, 3.05) is 5.75 Å². The van der Waals surface area contributed by atoms with Gasteiger partial charge >= 0.3 is 0 Å². The molecule has 0 amide bonds. The number of benzene rings is 1. The Morgan fingerprint density at radius 1 is 1.23 bits per heavy atom. The molecule has 0 aliphatic heterocycles. The van der Waals surface area contributed by atoms with Gasteiger partial charge in [0.05, 0.1) is 38.3 Å². The third-order valence-corrected chi connectivity index (χ3v) is 6.61. The Morgan fingerprint density at radius 2 is 1.86 bits per heavy atom. The first-order valence-electron chi connectivity index (χ1n) is 7.45. The molecule has 22 heavy (non-hydrogen) atoms. The van der Waals surface area contributed by atoms with Gasteiger partial charge in [-0.2, -0.15) is 0 Å². The van der Waals surface area contributed by atoms with Crippen LogP contribution in [0.4, 0.5) is 0 Å². The zero-order valence-electron chi connectivity index (χ0n) is 12.5. The average molecular weight is 317 g/mol. The second-order valence-corrected chi connectivity index (χ2v) is 8.45. The zero-order chi connectivity index (χ0) is 15.8. The molecule has 2 aliphatic rings. The molecule has 1 fully saturated rings. The first-order chi connectivity index (χ1) is 10.2. The Hall–Kier alpha value is -1.53. The minimum absolute atomic E-state index is 0.168. The van der Waals surface area contributed by atoms with Crippen molar-refractivity contribution < 1.29 is 13.0 Å². The van der Waals surface area contributed by atoms with Crippen LogP contribution < -0.4 is 0 Å². The summed E-state index contributed by atoms with van der Waals surface area (Å²) in [4.78, 5) is 9.47. The highest BCUT2D eigenvalue weighted by Gasteiger charge is 2.64. The van der Waals surface area contributed by atoms with E-state index in [1.807, 2.05) is 38.1 Å². The molecular formula is C16H17N2O3S-. The molecule has 4 rings (SSSR count). The van der Waals surface area contributed by atoms with Crippen molar-refractivity contribution in [1.29, 1.82) is 0 Å². The van der Waals surface area contributed by atoms with Gasteiger partial charge in [-0.15, -0.1) is 0 Å². The summed E-state index contributed by atoms with van der Waals surface area (Å²) in [5.41, 5.74) is 2.18. The van der Waals surface area contributed by atoms with Crippen LogP contribution in [0.2, 0.25) is 0 Å². The van der Waals surface area contributed by atoms with Crippen LogP contribution in [0.15, 0.2) is 24.3 Å². The summed E-state index contributed by atoms with van der Waals surface area (Å²) in [6, 6.07) is 7.60. The minimum atomic E-state index is -4.34. The Balaban J connectivity index is 2.02. The molecule has 2 aliphatic carbocycles. The SMILES string of the molecule is CC1(C)C2CCC1(CS(=O)(=O)[O-])c1nc3ccccc3nc12. The van der Waals surface area contributed by atoms with Gasteiger partial charge < -0.3 is 4.55 Å². The van der Waals surface area contributed by atoms with Crippen LogP contribution in [-0.4, -0.2) is 28.7 Å². The van der Waals surface area contributed by atoms with E-state index in [0.29, 0.717) is 6.42 Å². The Bertz CT molecular complexity index is 891. The zero-order valence-corrected chi connectivity index (χ0v) is 13.4. The minimum Gasteiger partial charge on any atom is -0.748 e. The van der Waals surface area contributed by atoms with Gasteiger partial charge in [-0.05, 0) is 30.4 Å². The maximum atomic E-state index is 11.5. The predicted octanol–water partition coefficient (Wildman–Crippen LogP) is 2.33. The van der Waals surface area contributed by atoms with Crippen LogP contribution in [0.1, 0.15) is 44.0 Å². The van der Waals surface area contributed by atoms with Gasteiger partial charge in [0, 0.05) is 11.3 Å². The molecule has 1 saturated carbocycles. The average Bonchev–Trinajstić information content (AvgIpc) is 2.76. The van der Waals surface area contributed by atoms with Gasteiger partial charge in [-0.3, -0.25) is 0 Å². The van der Waals surface area contributed by atoms with Crippen molar-refractivity contribution in [1.82, 2.24) is 9.97 Å². The van der Waals surface area contributed by atoms with E-state index in [1.165, 1.54) is 0 Å². The third-order valence-electron chi connectivity index (χ3n) is 5.77. The van der Waals surface area contributed by atoms with Crippen molar-refractivity contribution in [3.8, 4) is 0 Å². The highest BCUT2D eigenvalue weighted by molar-refractivity contribution is 7.85. The Labute approximate surface area is 129 Å². The highest BCUT2D eigenvalue weighted by atomic mass is 32.2. The summed E-state index contributed by atoms with van der Waals surface area (Å²) in [5, 5.41) is 0. The fourth-order valence-corrected chi connectivity index (χ4v) is 5.80. The molecule has 6 heteroatoms. The van der Waals surface area contributed by atoms with E-state index < -0.39 is 15.5 Å². The van der Waals surface area contributed by atoms with E-state index >= 15 is 0 Å². The molecule has 2 atom stereocenters. The van der Waals surface area contributed by atoms with E-state index in [-0.39, 0.29) is 17.1 Å². The summed E-state index contributed by atoms with van der Waals surface area (Å²) in [7, 11) is -4.34. The molecule has 2 aromatic rings. The van der Waals surface area contributed by atoms with Crippen LogP contribution in [0.5, 0.6) is 0 Å². The summed E-state index contributed by atoms with van der Waals surface area (Å²) in [5.74, 6) is -0.217. The molecule has 1 aromatic carbocycles. The fraction of sp³-hybridized carbons (Fsp3) is 0.500. The van der Waals surface area contributed by atoms with E-state index in [4.69, 9.17) is 9.97 Å². The number of fused-ring (bicyclic) bond motifs is 6. The fourth-order valence-electron chi connectivity index (χ4n) is 4.55. The highest BCUT2D eigenvalue weighted by Crippen LogP contribution is 2.67. The lowest BCUT2D eigenvalue weighted by Crippen LogP contribution is -2.42. The standard InChI is InChI=1S/C16H18N2O3S/c1-15(2)10-7-8-16(15,9-22(19,20)21)14-13(10)17-11-5-3-4-6-12(11)18-14/h3-6,10H,7-9H2,1-2H3,(H,19,20,21)/p-1. The number of para-hydroxylation sites is 2. The van der Waals surface area contributed by atoms with Gasteiger partial charge in [0.1, 0.15) is 0 Å². The topological polar surface area (TPSA) is 83.0 Å². The van der Waals surface area contributed by atoms with Crippen LogP contribution in [0.3, 0.4) is 0 Å². The van der Waals surface area contributed by atoms with Crippen molar-refractivity contribution in [2.24, 2.45) is 5.41 Å². The first kappa shape index (κ1) is 14.1. The second kappa shape index (κ2) is 4.06. The molecule has 1 heterocycles. The normalized spacial score (nSPS) is 29.0. The van der Waals surface area contributed by atoms with Crippen LogP contribution in [-0.2, 0) is 15.5 Å². The lowest BCUT2D eigenvalue weighted by molar-refractivity contribution is 0.225. The quantitative estimate of drug-likeness (QED) is 0.794. The van der Waals surface area contributed by atoms with Crippen LogP contribution >= 0.6 is 0 Å². The molecule has 0 N–H and O–H groups in total. The Morgan fingerprint density at radius 3 is 2.50 bits per heavy atom. The van der Waals surface area contributed by atoms with E-state index in [2.05, 4.69) is 0 Å². The van der Waals surface area contributed by atoms with Crippen molar-refractivity contribution in [3.63, 3.8) is 0 Å². The lowest BCUT2D eigenvalue weighted by Gasteiger charge is -2.38. The number of aromatic nitrogens is 2. The van der Waals surface area contributed by atoms with E-state index in [9.17, 15) is 13.0 Å². The molecule has 1 aromatic heterocycles. The maximum absolute atomic E-state index is 11.5. The number of nitrogens with zero attached hydrogens (tertiary/aromatic N) is 2. The second-order valence-electron chi connectivity index (χ2n) is 7.04. The van der Waals surface area contributed by atoms with Gasteiger partial charge in [-0.1, -0.05) is 26.0 Å². The maximum Gasteiger partial charge on any atom is 0.0955 e. The smallest absolute Gasteiger partial charge is 0.0955 e. The van der Waals surface area contributed by atoms with E-state index in [1.54, 1.807) is 0 Å². The van der Waals surface area contributed by atoms with E-state index in [0.717, 1.165) is 28.8 Å². The van der Waals surface area contributed by atoms with Gasteiger partial charge in [0.15, 0.2) is 0 Å². The number of hydrogen-bond acceptors (Lipinski definition) is 5. The third kappa shape index (κ3) is 1.65. The lowest BCUT2D eigenvalue weighted by atomic mass is 9.70. The summed E-state index contributed by atoms with van der Waals surface area (Å²) < 4.78 is 34.6. The van der Waals surface area contributed by atoms with Gasteiger partial charge in [-0.25, -0.2) is 18.4 Å². The first-order valence-corrected chi connectivity index (χ1v) is 9.03. The molecular weight excluding hydrogens is 300 g/mol. The van der Waals surface area contributed by atoms with Gasteiger partial charge in [0.2, 0.25) is 0 Å².